The summed E-state index contributed by atoms with van der Waals surface area (Å²) in [5, 5.41) is 4.99. The minimum Gasteiger partial charge on any atom is -0.344 e. The molecule has 2 amide bonds. The Balaban J connectivity index is 1.86. The Hall–Kier alpha value is -2.69. The van der Waals surface area contributed by atoms with Gasteiger partial charge in [-0.25, -0.2) is 4.98 Å². The molecule has 2 rings (SSSR count). The molecule has 0 saturated heterocycles. The van der Waals surface area contributed by atoms with Gasteiger partial charge in [-0.3, -0.25) is 9.59 Å². The lowest BCUT2D eigenvalue weighted by molar-refractivity contribution is -0.136. The summed E-state index contributed by atoms with van der Waals surface area (Å²) in [5.74, 6) is -1.05. The summed E-state index contributed by atoms with van der Waals surface area (Å²) in [6.07, 6.45) is 1.62. The van der Waals surface area contributed by atoms with Crippen molar-refractivity contribution >= 4 is 17.6 Å². The van der Waals surface area contributed by atoms with Crippen molar-refractivity contribution in [2.75, 3.05) is 5.32 Å². The zero-order chi connectivity index (χ0) is 14.4. The van der Waals surface area contributed by atoms with Crippen LogP contribution in [0.3, 0.4) is 0 Å². The number of carbonyl (C=O) groups is 2. The minimum absolute atomic E-state index is 0.314. The molecule has 102 valence electrons. The number of benzene rings is 1. The summed E-state index contributed by atoms with van der Waals surface area (Å²) < 4.78 is 0. The SMILES string of the molecule is Cc1ccc(NC(=O)C(=O)NCc2ccccc2)nc1. The van der Waals surface area contributed by atoms with Crippen LogP contribution >= 0.6 is 0 Å². The van der Waals surface area contributed by atoms with Gasteiger partial charge >= 0.3 is 11.8 Å². The van der Waals surface area contributed by atoms with Crippen molar-refractivity contribution < 1.29 is 9.59 Å². The molecule has 0 saturated carbocycles. The number of carbonyl (C=O) groups excluding carboxylic acids is 2. The Morgan fingerprint density at radius 3 is 2.45 bits per heavy atom. The Bertz CT molecular complexity index is 594. The van der Waals surface area contributed by atoms with E-state index in [0.717, 1.165) is 11.1 Å². The molecule has 0 radical (unpaired) electrons. The van der Waals surface area contributed by atoms with E-state index >= 15 is 0 Å². The summed E-state index contributed by atoms with van der Waals surface area (Å²) in [4.78, 5) is 27.3. The monoisotopic (exact) mass is 269 g/mol. The van der Waals surface area contributed by atoms with Gasteiger partial charge in [0.1, 0.15) is 5.82 Å². The van der Waals surface area contributed by atoms with Gasteiger partial charge in [0.05, 0.1) is 0 Å². The standard InChI is InChI=1S/C15H15N3O2/c1-11-7-8-13(16-9-11)18-15(20)14(19)17-10-12-5-3-2-4-6-12/h2-9H,10H2,1H3,(H,17,19)(H,16,18,20). The van der Waals surface area contributed by atoms with E-state index in [9.17, 15) is 9.59 Å². The van der Waals surface area contributed by atoms with Crippen molar-refractivity contribution in [3.8, 4) is 0 Å². The highest BCUT2D eigenvalue weighted by atomic mass is 16.2. The van der Waals surface area contributed by atoms with Gasteiger partial charge in [0, 0.05) is 12.7 Å². The molecule has 0 bridgehead atoms. The predicted molar refractivity (Wildman–Crippen MR) is 75.9 cm³/mol. The third-order valence-electron chi connectivity index (χ3n) is 2.66. The van der Waals surface area contributed by atoms with Gasteiger partial charge in [0.25, 0.3) is 0 Å². The summed E-state index contributed by atoms with van der Waals surface area (Å²) in [6, 6.07) is 12.8. The molecular formula is C15H15N3O2. The van der Waals surface area contributed by atoms with Crippen LogP contribution in [0.15, 0.2) is 48.7 Å². The molecule has 0 atom stereocenters. The largest absolute Gasteiger partial charge is 0.344 e. The second kappa shape index (κ2) is 6.47. The van der Waals surface area contributed by atoms with Crippen LogP contribution in [0.4, 0.5) is 5.82 Å². The second-order valence-corrected chi connectivity index (χ2v) is 4.34. The zero-order valence-electron chi connectivity index (χ0n) is 11.1. The number of hydrogen-bond acceptors (Lipinski definition) is 3. The molecule has 0 aliphatic carbocycles. The van der Waals surface area contributed by atoms with Crippen LogP contribution in [-0.2, 0) is 16.1 Å². The number of anilines is 1. The van der Waals surface area contributed by atoms with E-state index in [2.05, 4.69) is 15.6 Å². The number of aromatic nitrogens is 1. The Morgan fingerprint density at radius 2 is 1.80 bits per heavy atom. The van der Waals surface area contributed by atoms with Crippen LogP contribution in [0, 0.1) is 6.92 Å². The van der Waals surface area contributed by atoms with E-state index in [1.807, 2.05) is 43.3 Å². The minimum atomic E-state index is -0.725. The lowest BCUT2D eigenvalue weighted by Gasteiger charge is -2.06. The normalized spacial score (nSPS) is 9.85. The van der Waals surface area contributed by atoms with Crippen molar-refractivity contribution in [3.63, 3.8) is 0 Å². The average molecular weight is 269 g/mol. The van der Waals surface area contributed by atoms with E-state index < -0.39 is 11.8 Å². The maximum Gasteiger partial charge on any atom is 0.314 e. The number of hydrogen-bond donors (Lipinski definition) is 2. The fraction of sp³-hybridized carbons (Fsp3) is 0.133. The van der Waals surface area contributed by atoms with E-state index in [1.54, 1.807) is 12.3 Å². The molecule has 1 aromatic heterocycles. The molecule has 1 aromatic carbocycles. The van der Waals surface area contributed by atoms with Crippen molar-refractivity contribution in [1.82, 2.24) is 10.3 Å². The molecule has 5 heteroatoms. The zero-order valence-corrected chi connectivity index (χ0v) is 11.1. The number of amides is 2. The fourth-order valence-corrected chi connectivity index (χ4v) is 1.57. The first-order valence-corrected chi connectivity index (χ1v) is 6.21. The van der Waals surface area contributed by atoms with Crippen molar-refractivity contribution in [3.05, 3.63) is 59.8 Å². The van der Waals surface area contributed by atoms with Crippen LogP contribution in [-0.4, -0.2) is 16.8 Å². The molecule has 0 spiro atoms. The van der Waals surface area contributed by atoms with Crippen molar-refractivity contribution in [2.24, 2.45) is 0 Å². The molecule has 20 heavy (non-hydrogen) atoms. The van der Waals surface area contributed by atoms with Crippen LogP contribution in [0.25, 0.3) is 0 Å². The average Bonchev–Trinajstić information content (AvgIpc) is 2.48. The van der Waals surface area contributed by atoms with E-state index in [1.165, 1.54) is 0 Å². The summed E-state index contributed by atoms with van der Waals surface area (Å²) in [5.41, 5.74) is 1.92. The third-order valence-corrected chi connectivity index (χ3v) is 2.66. The van der Waals surface area contributed by atoms with Gasteiger partial charge in [-0.05, 0) is 24.1 Å². The van der Waals surface area contributed by atoms with Crippen LogP contribution < -0.4 is 10.6 Å². The van der Waals surface area contributed by atoms with Crippen LogP contribution in [0.2, 0.25) is 0 Å². The van der Waals surface area contributed by atoms with Gasteiger partial charge in [-0.15, -0.1) is 0 Å². The molecule has 2 N–H and O–H groups in total. The van der Waals surface area contributed by atoms with Crippen LogP contribution in [0.1, 0.15) is 11.1 Å². The summed E-state index contributed by atoms with van der Waals surface area (Å²) in [6.45, 7) is 2.21. The lowest BCUT2D eigenvalue weighted by atomic mass is 10.2. The topological polar surface area (TPSA) is 71.1 Å². The Labute approximate surface area is 117 Å². The van der Waals surface area contributed by atoms with E-state index in [0.29, 0.717) is 12.4 Å². The quantitative estimate of drug-likeness (QED) is 0.832. The molecule has 0 fully saturated rings. The maximum absolute atomic E-state index is 11.7. The van der Waals surface area contributed by atoms with Gasteiger partial charge in [0.2, 0.25) is 0 Å². The second-order valence-electron chi connectivity index (χ2n) is 4.34. The van der Waals surface area contributed by atoms with Crippen molar-refractivity contribution in [2.45, 2.75) is 13.5 Å². The molecular weight excluding hydrogens is 254 g/mol. The predicted octanol–water partition coefficient (Wildman–Crippen LogP) is 1.64. The number of pyridine rings is 1. The Kier molecular flexibility index (Phi) is 4.44. The molecule has 1 heterocycles. The van der Waals surface area contributed by atoms with Gasteiger partial charge < -0.3 is 10.6 Å². The van der Waals surface area contributed by atoms with Crippen molar-refractivity contribution in [1.29, 1.82) is 0 Å². The van der Waals surface area contributed by atoms with E-state index in [4.69, 9.17) is 0 Å². The molecule has 5 nitrogen and oxygen atoms in total. The Morgan fingerprint density at radius 1 is 1.05 bits per heavy atom. The molecule has 0 aliphatic heterocycles. The van der Waals surface area contributed by atoms with Gasteiger partial charge in [-0.1, -0.05) is 36.4 Å². The fourth-order valence-electron chi connectivity index (χ4n) is 1.57. The summed E-state index contributed by atoms with van der Waals surface area (Å²) >= 11 is 0. The highest BCUT2D eigenvalue weighted by molar-refractivity contribution is 6.39. The lowest BCUT2D eigenvalue weighted by Crippen LogP contribution is -2.35. The summed E-state index contributed by atoms with van der Waals surface area (Å²) in [7, 11) is 0. The van der Waals surface area contributed by atoms with Gasteiger partial charge in [-0.2, -0.15) is 0 Å². The molecule has 2 aromatic rings. The first kappa shape index (κ1) is 13.7. The number of aryl methyl sites for hydroxylation is 1. The maximum atomic E-state index is 11.7. The van der Waals surface area contributed by atoms with Gasteiger partial charge in [0.15, 0.2) is 0 Å². The number of nitrogens with zero attached hydrogens (tertiary/aromatic N) is 1. The third kappa shape index (κ3) is 3.91. The molecule has 0 unspecified atom stereocenters. The highest BCUT2D eigenvalue weighted by Crippen LogP contribution is 2.03. The first-order chi connectivity index (χ1) is 9.65. The van der Waals surface area contributed by atoms with E-state index in [-0.39, 0.29) is 0 Å². The first-order valence-electron chi connectivity index (χ1n) is 6.21. The molecule has 0 aliphatic rings. The number of nitrogens with one attached hydrogen (secondary N) is 2. The highest BCUT2D eigenvalue weighted by Gasteiger charge is 2.13. The van der Waals surface area contributed by atoms with Crippen LogP contribution in [0.5, 0.6) is 0 Å². The number of rotatable bonds is 3. The smallest absolute Gasteiger partial charge is 0.314 e.